The van der Waals surface area contributed by atoms with Gasteiger partial charge < -0.3 is 10.6 Å². The summed E-state index contributed by atoms with van der Waals surface area (Å²) in [5, 5.41) is 6.36. The fourth-order valence-electron chi connectivity index (χ4n) is 1.79. The Morgan fingerprint density at radius 2 is 1.70 bits per heavy atom. The topological polar surface area (TPSA) is 24.1 Å². The van der Waals surface area contributed by atoms with Gasteiger partial charge in [0.25, 0.3) is 0 Å². The Morgan fingerprint density at radius 3 is 2.40 bits per heavy atom. The molecule has 0 aliphatic heterocycles. The van der Waals surface area contributed by atoms with Gasteiger partial charge in [-0.2, -0.15) is 0 Å². The van der Waals surface area contributed by atoms with Crippen LogP contribution < -0.4 is 10.6 Å². The minimum atomic E-state index is -0.310. The van der Waals surface area contributed by atoms with Crippen LogP contribution in [0.2, 0.25) is 0 Å². The Balaban J connectivity index is 1.92. The fraction of sp³-hybridized carbons (Fsp3) is 0.188. The van der Waals surface area contributed by atoms with Crippen LogP contribution in [0.1, 0.15) is 16.7 Å². The molecule has 0 fully saturated rings. The van der Waals surface area contributed by atoms with E-state index in [0.717, 1.165) is 11.1 Å². The van der Waals surface area contributed by atoms with Crippen molar-refractivity contribution < 1.29 is 4.39 Å². The lowest BCUT2D eigenvalue weighted by Gasteiger charge is -2.12. The summed E-state index contributed by atoms with van der Waals surface area (Å²) >= 11 is 5.17. The number of nitrogens with one attached hydrogen (secondary N) is 2. The van der Waals surface area contributed by atoms with Crippen molar-refractivity contribution in [3.63, 3.8) is 0 Å². The summed E-state index contributed by atoms with van der Waals surface area (Å²) in [4.78, 5) is 0. The third kappa shape index (κ3) is 4.03. The molecule has 0 saturated heterocycles. The van der Waals surface area contributed by atoms with Crippen LogP contribution in [0.4, 0.5) is 10.1 Å². The zero-order valence-corrected chi connectivity index (χ0v) is 12.4. The molecule has 0 radical (unpaired) electrons. The molecule has 0 aromatic heterocycles. The number of anilines is 1. The second-order valence-electron chi connectivity index (χ2n) is 4.78. The van der Waals surface area contributed by atoms with Gasteiger partial charge >= 0.3 is 0 Å². The number of benzene rings is 2. The third-order valence-electron chi connectivity index (χ3n) is 2.94. The van der Waals surface area contributed by atoms with Crippen LogP contribution in [-0.4, -0.2) is 5.11 Å². The normalized spacial score (nSPS) is 10.2. The maximum absolute atomic E-state index is 13.6. The highest BCUT2D eigenvalue weighted by Gasteiger charge is 2.04. The lowest BCUT2D eigenvalue weighted by atomic mass is 10.1. The molecule has 0 saturated carbocycles. The minimum Gasteiger partial charge on any atom is -0.358 e. The average Bonchev–Trinajstić information content (AvgIpc) is 2.42. The van der Waals surface area contributed by atoms with Gasteiger partial charge in [-0.15, -0.1) is 0 Å². The van der Waals surface area contributed by atoms with Crippen molar-refractivity contribution in [1.82, 2.24) is 5.32 Å². The smallest absolute Gasteiger partial charge is 0.171 e. The summed E-state index contributed by atoms with van der Waals surface area (Å²) in [7, 11) is 0. The van der Waals surface area contributed by atoms with Crippen LogP contribution in [0.5, 0.6) is 0 Å². The Labute approximate surface area is 124 Å². The molecule has 2 rings (SSSR count). The summed E-state index contributed by atoms with van der Waals surface area (Å²) in [5.41, 5.74) is 3.72. The molecule has 0 spiro atoms. The van der Waals surface area contributed by atoms with E-state index in [1.807, 2.05) is 38.1 Å². The molecule has 4 heteroatoms. The van der Waals surface area contributed by atoms with Crippen molar-refractivity contribution >= 4 is 23.0 Å². The summed E-state index contributed by atoms with van der Waals surface area (Å²) in [6.45, 7) is 4.57. The molecular formula is C16H17FN2S. The molecule has 2 aromatic carbocycles. The lowest BCUT2D eigenvalue weighted by molar-refractivity contribution is 0.631. The molecule has 20 heavy (non-hydrogen) atoms. The van der Waals surface area contributed by atoms with E-state index in [-0.39, 0.29) is 5.82 Å². The molecule has 2 N–H and O–H groups in total. The summed E-state index contributed by atoms with van der Waals surface area (Å²) < 4.78 is 13.6. The average molecular weight is 288 g/mol. The quantitative estimate of drug-likeness (QED) is 0.837. The number of aryl methyl sites for hydroxylation is 2. The SMILES string of the molecule is Cc1ccc(CNC(=S)Nc2cc(C)ccc2F)cc1. The Morgan fingerprint density at radius 1 is 1.05 bits per heavy atom. The van der Waals surface area contributed by atoms with E-state index in [4.69, 9.17) is 12.2 Å². The van der Waals surface area contributed by atoms with E-state index in [0.29, 0.717) is 17.3 Å². The monoisotopic (exact) mass is 288 g/mol. The second kappa shape index (κ2) is 6.48. The van der Waals surface area contributed by atoms with Crippen molar-refractivity contribution in [2.24, 2.45) is 0 Å². The molecule has 0 bridgehead atoms. The Bertz CT molecular complexity index is 608. The van der Waals surface area contributed by atoms with Crippen molar-refractivity contribution in [3.8, 4) is 0 Å². The zero-order valence-electron chi connectivity index (χ0n) is 11.5. The van der Waals surface area contributed by atoms with Gasteiger partial charge in [0.05, 0.1) is 5.69 Å². The Kier molecular flexibility index (Phi) is 4.69. The van der Waals surface area contributed by atoms with Gasteiger partial charge in [-0.25, -0.2) is 4.39 Å². The first kappa shape index (κ1) is 14.5. The van der Waals surface area contributed by atoms with Crippen LogP contribution in [0.15, 0.2) is 42.5 Å². The van der Waals surface area contributed by atoms with Gasteiger partial charge in [0.2, 0.25) is 0 Å². The largest absolute Gasteiger partial charge is 0.358 e. The molecule has 104 valence electrons. The predicted molar refractivity (Wildman–Crippen MR) is 85.4 cm³/mol. The molecular weight excluding hydrogens is 271 g/mol. The standard InChI is InChI=1S/C16H17FN2S/c1-11-3-6-13(7-4-11)10-18-16(20)19-15-9-12(2)5-8-14(15)17/h3-9H,10H2,1-2H3,(H2,18,19,20). The highest BCUT2D eigenvalue weighted by Crippen LogP contribution is 2.15. The minimum absolute atomic E-state index is 0.310. The maximum Gasteiger partial charge on any atom is 0.171 e. The second-order valence-corrected chi connectivity index (χ2v) is 5.18. The molecule has 0 heterocycles. The van der Waals surface area contributed by atoms with E-state index in [2.05, 4.69) is 10.6 Å². The Hall–Kier alpha value is -1.94. The van der Waals surface area contributed by atoms with Gasteiger partial charge in [0, 0.05) is 6.54 Å². The van der Waals surface area contributed by atoms with E-state index < -0.39 is 0 Å². The van der Waals surface area contributed by atoms with Gasteiger partial charge in [-0.3, -0.25) is 0 Å². The van der Waals surface area contributed by atoms with E-state index in [1.54, 1.807) is 12.1 Å². The molecule has 2 aromatic rings. The molecule has 0 amide bonds. The zero-order chi connectivity index (χ0) is 14.5. The molecule has 0 unspecified atom stereocenters. The van der Waals surface area contributed by atoms with E-state index in [9.17, 15) is 4.39 Å². The summed E-state index contributed by atoms with van der Waals surface area (Å²) in [6, 6.07) is 13.1. The first-order valence-electron chi connectivity index (χ1n) is 6.41. The first-order chi connectivity index (χ1) is 9.54. The third-order valence-corrected chi connectivity index (χ3v) is 3.19. The number of halogens is 1. The highest BCUT2D eigenvalue weighted by atomic mass is 32.1. The van der Waals surface area contributed by atoms with Gasteiger partial charge in [0.15, 0.2) is 5.11 Å². The number of rotatable bonds is 3. The van der Waals surface area contributed by atoms with Crippen molar-refractivity contribution in [2.45, 2.75) is 20.4 Å². The van der Waals surface area contributed by atoms with Crippen LogP contribution in [0.3, 0.4) is 0 Å². The first-order valence-corrected chi connectivity index (χ1v) is 6.82. The maximum atomic E-state index is 13.6. The van der Waals surface area contributed by atoms with Crippen LogP contribution in [0.25, 0.3) is 0 Å². The summed E-state index contributed by atoms with van der Waals surface area (Å²) in [6.07, 6.45) is 0. The molecule has 0 atom stereocenters. The van der Waals surface area contributed by atoms with Crippen LogP contribution >= 0.6 is 12.2 Å². The number of thiocarbonyl (C=S) groups is 1. The lowest BCUT2D eigenvalue weighted by Crippen LogP contribution is -2.28. The summed E-state index contributed by atoms with van der Waals surface area (Å²) in [5.74, 6) is -0.310. The van der Waals surface area contributed by atoms with Gasteiger partial charge in [0.1, 0.15) is 5.82 Å². The molecule has 2 nitrogen and oxygen atoms in total. The number of hydrogen-bond acceptors (Lipinski definition) is 1. The van der Waals surface area contributed by atoms with E-state index >= 15 is 0 Å². The molecule has 0 aliphatic carbocycles. The molecule has 0 aliphatic rings. The highest BCUT2D eigenvalue weighted by molar-refractivity contribution is 7.80. The predicted octanol–water partition coefficient (Wildman–Crippen LogP) is 3.93. The van der Waals surface area contributed by atoms with Crippen molar-refractivity contribution in [2.75, 3.05) is 5.32 Å². The fourth-order valence-corrected chi connectivity index (χ4v) is 1.97. The van der Waals surface area contributed by atoms with Gasteiger partial charge in [-0.05, 0) is 49.3 Å². The van der Waals surface area contributed by atoms with Gasteiger partial charge in [-0.1, -0.05) is 35.9 Å². The van der Waals surface area contributed by atoms with Crippen molar-refractivity contribution in [3.05, 3.63) is 65.0 Å². The van der Waals surface area contributed by atoms with Crippen molar-refractivity contribution in [1.29, 1.82) is 0 Å². The van der Waals surface area contributed by atoms with E-state index in [1.165, 1.54) is 11.6 Å². The van der Waals surface area contributed by atoms with Crippen LogP contribution in [-0.2, 0) is 6.54 Å². The van der Waals surface area contributed by atoms with Crippen LogP contribution in [0, 0.1) is 19.7 Å². The number of hydrogen-bond donors (Lipinski definition) is 2.